The Labute approximate surface area is 122 Å². The van der Waals surface area contributed by atoms with Crippen LogP contribution in [0.5, 0.6) is 0 Å². The second kappa shape index (κ2) is 5.34. The summed E-state index contributed by atoms with van der Waals surface area (Å²) < 4.78 is 4.02. The molecule has 0 saturated heterocycles. The van der Waals surface area contributed by atoms with Gasteiger partial charge < -0.3 is 5.73 Å². The van der Waals surface area contributed by atoms with Crippen molar-refractivity contribution in [2.24, 2.45) is 0 Å². The fourth-order valence-corrected chi connectivity index (χ4v) is 2.35. The summed E-state index contributed by atoms with van der Waals surface area (Å²) >= 11 is 5.76. The Morgan fingerprint density at radius 2 is 2.24 bits per heavy atom. The molecule has 0 saturated carbocycles. The molecule has 0 amide bonds. The molecule has 1 heterocycles. The molecular weight excluding hydrogens is 395 g/mol. The van der Waals surface area contributed by atoms with Crippen molar-refractivity contribution in [1.29, 1.82) is 0 Å². The van der Waals surface area contributed by atoms with Crippen LogP contribution in [0.1, 0.15) is 19.0 Å². The number of nitrogens with two attached hydrogens (primary N) is 1. The third kappa shape index (κ3) is 2.62. The number of benzene rings is 1. The van der Waals surface area contributed by atoms with Crippen LogP contribution in [0.15, 0.2) is 22.7 Å². The van der Waals surface area contributed by atoms with E-state index in [4.69, 9.17) is 5.73 Å². The summed E-state index contributed by atoms with van der Waals surface area (Å²) in [4.78, 5) is 0. The van der Waals surface area contributed by atoms with Crippen LogP contribution in [-0.2, 0) is 6.42 Å². The van der Waals surface area contributed by atoms with Crippen LogP contribution in [0, 0.1) is 3.57 Å². The molecule has 0 aliphatic rings. The molecule has 2 rings (SSSR count). The Morgan fingerprint density at radius 1 is 1.47 bits per heavy atom. The van der Waals surface area contributed by atoms with E-state index in [0.717, 1.165) is 32.3 Å². The third-order valence-corrected chi connectivity index (χ3v) is 4.75. The third-order valence-electron chi connectivity index (χ3n) is 2.43. The highest BCUT2D eigenvalue weighted by Gasteiger charge is 2.11. The Hall–Kier alpha value is -0.630. The number of nitrogens with zero attached hydrogens (tertiary/aromatic N) is 3. The van der Waals surface area contributed by atoms with E-state index >= 15 is 0 Å². The largest absolute Gasteiger partial charge is 0.381 e. The van der Waals surface area contributed by atoms with E-state index in [1.54, 1.807) is 0 Å². The predicted molar refractivity (Wildman–Crippen MR) is 80.2 cm³/mol. The maximum atomic E-state index is 5.83. The zero-order valence-electron chi connectivity index (χ0n) is 9.32. The first-order chi connectivity index (χ1) is 8.13. The van der Waals surface area contributed by atoms with Crippen LogP contribution in [-0.4, -0.2) is 15.0 Å². The first-order valence-corrected chi connectivity index (χ1v) is 7.16. The Balaban J connectivity index is 2.48. The molecule has 4 nitrogen and oxygen atoms in total. The monoisotopic (exact) mass is 406 g/mol. The highest BCUT2D eigenvalue weighted by atomic mass is 127. The summed E-state index contributed by atoms with van der Waals surface area (Å²) in [7, 11) is 0. The van der Waals surface area contributed by atoms with E-state index in [0.29, 0.717) is 5.82 Å². The molecular formula is C11H12BrIN4. The van der Waals surface area contributed by atoms with E-state index in [1.807, 2.05) is 16.8 Å². The fraction of sp³-hybridized carbons (Fsp3) is 0.273. The van der Waals surface area contributed by atoms with Crippen molar-refractivity contribution in [3.8, 4) is 5.69 Å². The molecule has 1 aromatic carbocycles. The van der Waals surface area contributed by atoms with Gasteiger partial charge in [0, 0.05) is 8.04 Å². The van der Waals surface area contributed by atoms with Crippen LogP contribution < -0.4 is 5.73 Å². The minimum absolute atomic E-state index is 0.518. The average Bonchev–Trinajstić information content (AvgIpc) is 2.66. The van der Waals surface area contributed by atoms with Gasteiger partial charge in [0.2, 0.25) is 0 Å². The number of anilines is 1. The first-order valence-electron chi connectivity index (χ1n) is 5.29. The van der Waals surface area contributed by atoms with Crippen molar-refractivity contribution in [1.82, 2.24) is 15.0 Å². The van der Waals surface area contributed by atoms with Gasteiger partial charge in [-0.25, -0.2) is 4.68 Å². The lowest BCUT2D eigenvalue weighted by atomic mass is 10.2. The minimum Gasteiger partial charge on any atom is -0.381 e. The molecule has 2 aromatic rings. The molecule has 0 unspecified atom stereocenters. The smallest absolute Gasteiger partial charge is 0.169 e. The van der Waals surface area contributed by atoms with Crippen molar-refractivity contribution >= 4 is 44.3 Å². The quantitative estimate of drug-likeness (QED) is 0.796. The zero-order chi connectivity index (χ0) is 12.4. The van der Waals surface area contributed by atoms with Crippen LogP contribution >= 0.6 is 38.5 Å². The SMILES string of the molecule is CCCc1c(N)nnn1-c1ccc(Br)c(I)c1. The molecule has 0 fully saturated rings. The molecule has 0 atom stereocenters. The number of hydrogen-bond donors (Lipinski definition) is 1. The summed E-state index contributed by atoms with van der Waals surface area (Å²) in [5.74, 6) is 0.518. The van der Waals surface area contributed by atoms with Crippen molar-refractivity contribution in [2.45, 2.75) is 19.8 Å². The van der Waals surface area contributed by atoms with Gasteiger partial charge in [-0.1, -0.05) is 18.6 Å². The molecule has 0 bridgehead atoms. The average molecular weight is 407 g/mol. The van der Waals surface area contributed by atoms with Gasteiger partial charge >= 0.3 is 0 Å². The first kappa shape index (κ1) is 12.8. The zero-order valence-corrected chi connectivity index (χ0v) is 13.1. The minimum atomic E-state index is 0.518. The Kier molecular flexibility index (Phi) is 4.03. The van der Waals surface area contributed by atoms with Crippen LogP contribution in [0.25, 0.3) is 5.69 Å². The molecule has 0 radical (unpaired) electrons. The van der Waals surface area contributed by atoms with Gasteiger partial charge in [0.15, 0.2) is 5.82 Å². The van der Waals surface area contributed by atoms with Crippen molar-refractivity contribution in [3.63, 3.8) is 0 Å². The molecule has 2 N–H and O–H groups in total. The highest BCUT2D eigenvalue weighted by molar-refractivity contribution is 14.1. The van der Waals surface area contributed by atoms with E-state index in [1.165, 1.54) is 0 Å². The summed E-state index contributed by atoms with van der Waals surface area (Å²) in [6.07, 6.45) is 1.90. The second-order valence-electron chi connectivity index (χ2n) is 3.68. The molecule has 90 valence electrons. The Bertz CT molecular complexity index is 538. The van der Waals surface area contributed by atoms with Gasteiger partial charge in [0.25, 0.3) is 0 Å². The van der Waals surface area contributed by atoms with E-state index in [9.17, 15) is 0 Å². The number of halogens is 2. The van der Waals surface area contributed by atoms with Gasteiger partial charge in [-0.05, 0) is 63.1 Å². The Morgan fingerprint density at radius 3 is 2.88 bits per heavy atom. The van der Waals surface area contributed by atoms with Crippen molar-refractivity contribution in [3.05, 3.63) is 31.9 Å². The summed E-state index contributed by atoms with van der Waals surface area (Å²) in [5, 5.41) is 8.04. The highest BCUT2D eigenvalue weighted by Crippen LogP contribution is 2.23. The lowest BCUT2D eigenvalue weighted by Crippen LogP contribution is -2.04. The number of rotatable bonds is 3. The van der Waals surface area contributed by atoms with Crippen molar-refractivity contribution < 1.29 is 0 Å². The van der Waals surface area contributed by atoms with E-state index in [2.05, 4.69) is 61.8 Å². The van der Waals surface area contributed by atoms with Gasteiger partial charge in [-0.15, -0.1) is 5.10 Å². The van der Waals surface area contributed by atoms with E-state index < -0.39 is 0 Å². The van der Waals surface area contributed by atoms with Crippen LogP contribution in [0.2, 0.25) is 0 Å². The molecule has 1 aromatic heterocycles. The van der Waals surface area contributed by atoms with Crippen molar-refractivity contribution in [2.75, 3.05) is 5.73 Å². The number of hydrogen-bond acceptors (Lipinski definition) is 3. The van der Waals surface area contributed by atoms with Gasteiger partial charge in [0.1, 0.15) is 0 Å². The maximum Gasteiger partial charge on any atom is 0.169 e. The molecule has 0 spiro atoms. The lowest BCUT2D eigenvalue weighted by Gasteiger charge is -2.07. The molecule has 0 aliphatic carbocycles. The summed E-state index contributed by atoms with van der Waals surface area (Å²) in [6, 6.07) is 6.06. The van der Waals surface area contributed by atoms with Gasteiger partial charge in [0.05, 0.1) is 11.4 Å². The standard InChI is InChI=1S/C11H12BrIN4/c1-2-3-10-11(14)15-16-17(10)7-4-5-8(12)9(13)6-7/h4-6H,2-3,14H2,1H3. The van der Waals surface area contributed by atoms with E-state index in [-0.39, 0.29) is 0 Å². The molecule has 6 heteroatoms. The number of nitrogen functional groups attached to an aromatic ring is 1. The predicted octanol–water partition coefficient (Wildman–Crippen LogP) is 3.17. The summed E-state index contributed by atoms with van der Waals surface area (Å²) in [6.45, 7) is 2.11. The molecule has 17 heavy (non-hydrogen) atoms. The molecule has 0 aliphatic heterocycles. The second-order valence-corrected chi connectivity index (χ2v) is 5.70. The van der Waals surface area contributed by atoms with Gasteiger partial charge in [-0.2, -0.15) is 0 Å². The normalized spacial score (nSPS) is 10.8. The van der Waals surface area contributed by atoms with Crippen LogP contribution in [0.4, 0.5) is 5.82 Å². The fourth-order valence-electron chi connectivity index (χ4n) is 1.61. The topological polar surface area (TPSA) is 56.7 Å². The maximum absolute atomic E-state index is 5.83. The number of aromatic nitrogens is 3. The van der Waals surface area contributed by atoms with Gasteiger partial charge in [-0.3, -0.25) is 0 Å². The lowest BCUT2D eigenvalue weighted by molar-refractivity contribution is 0.745. The summed E-state index contributed by atoms with van der Waals surface area (Å²) in [5.41, 5.74) is 7.80. The van der Waals surface area contributed by atoms with Crippen LogP contribution in [0.3, 0.4) is 0 Å².